The van der Waals surface area contributed by atoms with Gasteiger partial charge in [0.1, 0.15) is 0 Å². The maximum Gasteiger partial charge on any atom is 0.251 e. The quantitative estimate of drug-likeness (QED) is 0.755. The third-order valence-corrected chi connectivity index (χ3v) is 5.68. The van der Waals surface area contributed by atoms with Crippen molar-refractivity contribution in [1.82, 2.24) is 10.3 Å². The molecule has 1 aromatic heterocycles. The van der Waals surface area contributed by atoms with Gasteiger partial charge in [0.25, 0.3) is 5.91 Å². The van der Waals surface area contributed by atoms with E-state index in [1.54, 1.807) is 30.3 Å². The average Bonchev–Trinajstić information content (AvgIpc) is 3.62. The number of anilines is 2. The first-order chi connectivity index (χ1) is 14.5. The SMILES string of the molecule is COc1ccc(C(C)NC(=O)c2ccc3c(c2)N(C(=O)CN)CCN3C2CC2)cn1. The number of benzene rings is 1. The van der Waals surface area contributed by atoms with E-state index in [-0.39, 0.29) is 24.4 Å². The average molecular weight is 409 g/mol. The smallest absolute Gasteiger partial charge is 0.251 e. The highest BCUT2D eigenvalue weighted by molar-refractivity contribution is 6.02. The van der Waals surface area contributed by atoms with Crippen molar-refractivity contribution >= 4 is 23.2 Å². The molecule has 1 atom stereocenters. The first-order valence-electron chi connectivity index (χ1n) is 10.2. The van der Waals surface area contributed by atoms with E-state index in [2.05, 4.69) is 15.2 Å². The van der Waals surface area contributed by atoms with Crippen LogP contribution in [0.15, 0.2) is 36.5 Å². The molecule has 0 bridgehead atoms. The molecular formula is C22H27N5O3. The highest BCUT2D eigenvalue weighted by atomic mass is 16.5. The second-order valence-electron chi connectivity index (χ2n) is 7.71. The molecule has 1 fully saturated rings. The van der Waals surface area contributed by atoms with Crippen LogP contribution in [-0.4, -0.2) is 49.6 Å². The Kier molecular flexibility index (Phi) is 5.59. The fourth-order valence-electron chi connectivity index (χ4n) is 3.84. The van der Waals surface area contributed by atoms with E-state index in [1.807, 2.05) is 25.1 Å². The van der Waals surface area contributed by atoms with E-state index < -0.39 is 0 Å². The third kappa shape index (κ3) is 3.95. The molecule has 1 aromatic carbocycles. The van der Waals surface area contributed by atoms with Gasteiger partial charge < -0.3 is 25.6 Å². The number of carbonyl (C=O) groups is 2. The molecule has 0 radical (unpaired) electrons. The summed E-state index contributed by atoms with van der Waals surface area (Å²) in [5.74, 6) is 0.184. The van der Waals surface area contributed by atoms with Gasteiger partial charge in [-0.2, -0.15) is 0 Å². The van der Waals surface area contributed by atoms with Crippen LogP contribution in [0.1, 0.15) is 41.7 Å². The Labute approximate surface area is 176 Å². The van der Waals surface area contributed by atoms with Crippen molar-refractivity contribution in [3.05, 3.63) is 47.7 Å². The van der Waals surface area contributed by atoms with Crippen molar-refractivity contribution in [1.29, 1.82) is 0 Å². The van der Waals surface area contributed by atoms with Crippen LogP contribution in [0.3, 0.4) is 0 Å². The van der Waals surface area contributed by atoms with Crippen LogP contribution in [0.4, 0.5) is 11.4 Å². The van der Waals surface area contributed by atoms with Crippen LogP contribution in [0.2, 0.25) is 0 Å². The summed E-state index contributed by atoms with van der Waals surface area (Å²) in [6, 6.07) is 9.50. The maximum absolute atomic E-state index is 12.9. The molecule has 2 aliphatic rings. The number of fused-ring (bicyclic) bond motifs is 1. The molecule has 158 valence electrons. The lowest BCUT2D eigenvalue weighted by molar-refractivity contribution is -0.117. The van der Waals surface area contributed by atoms with Crippen molar-refractivity contribution in [2.75, 3.05) is 36.5 Å². The van der Waals surface area contributed by atoms with Gasteiger partial charge in [-0.3, -0.25) is 9.59 Å². The molecule has 1 unspecified atom stereocenters. The summed E-state index contributed by atoms with van der Waals surface area (Å²) in [6.45, 7) is 3.22. The summed E-state index contributed by atoms with van der Waals surface area (Å²) in [5.41, 5.74) is 8.76. The standard InChI is InChI=1S/C22H27N5O3/c1-14(16-4-8-20(30-2)24-13-16)25-22(29)15-3-7-18-19(11-15)27(21(28)12-23)10-9-26(18)17-5-6-17/h3-4,7-8,11,13-14,17H,5-6,9-10,12,23H2,1-2H3,(H,25,29). The Morgan fingerprint density at radius 1 is 1.23 bits per heavy atom. The van der Waals surface area contributed by atoms with E-state index in [0.29, 0.717) is 24.0 Å². The number of rotatable bonds is 6. The number of amides is 2. The fourth-order valence-corrected chi connectivity index (χ4v) is 3.84. The number of hydrogen-bond donors (Lipinski definition) is 2. The molecular weight excluding hydrogens is 382 g/mol. The molecule has 3 N–H and O–H groups in total. The number of hydrogen-bond acceptors (Lipinski definition) is 6. The van der Waals surface area contributed by atoms with E-state index >= 15 is 0 Å². The zero-order valence-corrected chi connectivity index (χ0v) is 17.3. The Balaban J connectivity index is 1.56. The predicted molar refractivity (Wildman–Crippen MR) is 115 cm³/mol. The Morgan fingerprint density at radius 3 is 2.67 bits per heavy atom. The summed E-state index contributed by atoms with van der Waals surface area (Å²) in [4.78, 5) is 33.5. The number of ether oxygens (including phenoxy) is 1. The van der Waals surface area contributed by atoms with Gasteiger partial charge >= 0.3 is 0 Å². The number of methoxy groups -OCH3 is 1. The minimum Gasteiger partial charge on any atom is -0.481 e. The first-order valence-corrected chi connectivity index (χ1v) is 10.2. The van der Waals surface area contributed by atoms with Gasteiger partial charge in [-0.25, -0.2) is 4.98 Å². The second-order valence-corrected chi connectivity index (χ2v) is 7.71. The van der Waals surface area contributed by atoms with E-state index in [9.17, 15) is 9.59 Å². The lowest BCUT2D eigenvalue weighted by Crippen LogP contribution is -2.47. The Bertz CT molecular complexity index is 942. The van der Waals surface area contributed by atoms with E-state index in [4.69, 9.17) is 10.5 Å². The third-order valence-electron chi connectivity index (χ3n) is 5.68. The highest BCUT2D eigenvalue weighted by Gasteiger charge is 2.35. The summed E-state index contributed by atoms with van der Waals surface area (Å²) < 4.78 is 5.08. The van der Waals surface area contributed by atoms with E-state index in [0.717, 1.165) is 23.5 Å². The summed E-state index contributed by atoms with van der Waals surface area (Å²) in [7, 11) is 1.56. The molecule has 0 saturated heterocycles. The van der Waals surface area contributed by atoms with Crippen molar-refractivity contribution in [3.63, 3.8) is 0 Å². The molecule has 2 heterocycles. The normalized spacial score (nSPS) is 16.6. The molecule has 1 aliphatic heterocycles. The molecule has 4 rings (SSSR count). The highest BCUT2D eigenvalue weighted by Crippen LogP contribution is 2.40. The minimum atomic E-state index is -0.225. The van der Waals surface area contributed by atoms with Crippen LogP contribution in [0.5, 0.6) is 5.88 Å². The molecule has 0 spiro atoms. The van der Waals surface area contributed by atoms with Crippen LogP contribution in [-0.2, 0) is 4.79 Å². The predicted octanol–water partition coefficient (Wildman–Crippen LogP) is 1.86. The zero-order chi connectivity index (χ0) is 21.3. The van der Waals surface area contributed by atoms with Gasteiger partial charge in [0.15, 0.2) is 0 Å². The first kappa shape index (κ1) is 20.2. The lowest BCUT2D eigenvalue weighted by Gasteiger charge is -2.38. The van der Waals surface area contributed by atoms with Gasteiger partial charge in [0.2, 0.25) is 11.8 Å². The number of nitrogens with one attached hydrogen (secondary N) is 1. The van der Waals surface area contributed by atoms with Gasteiger partial charge in [-0.1, -0.05) is 6.07 Å². The lowest BCUT2D eigenvalue weighted by atomic mass is 10.1. The van der Waals surface area contributed by atoms with Gasteiger partial charge in [0.05, 0.1) is 31.1 Å². The molecule has 2 amide bonds. The Hall–Kier alpha value is -3.13. The minimum absolute atomic E-state index is 0.0548. The Morgan fingerprint density at radius 2 is 2.03 bits per heavy atom. The summed E-state index contributed by atoms with van der Waals surface area (Å²) in [6.07, 6.45) is 4.02. The largest absolute Gasteiger partial charge is 0.481 e. The maximum atomic E-state index is 12.9. The summed E-state index contributed by atoms with van der Waals surface area (Å²) >= 11 is 0. The van der Waals surface area contributed by atoms with Gasteiger partial charge in [-0.15, -0.1) is 0 Å². The summed E-state index contributed by atoms with van der Waals surface area (Å²) in [5, 5.41) is 3.00. The van der Waals surface area contributed by atoms with Gasteiger partial charge in [-0.05, 0) is 43.5 Å². The number of nitrogens with zero attached hydrogens (tertiary/aromatic N) is 3. The molecule has 1 saturated carbocycles. The number of pyridine rings is 1. The fraction of sp³-hybridized carbons (Fsp3) is 0.409. The van der Waals surface area contributed by atoms with Crippen molar-refractivity contribution in [3.8, 4) is 5.88 Å². The van der Waals surface area contributed by atoms with Crippen molar-refractivity contribution in [2.24, 2.45) is 5.73 Å². The van der Waals surface area contributed by atoms with Crippen LogP contribution < -0.4 is 25.6 Å². The zero-order valence-electron chi connectivity index (χ0n) is 17.3. The number of carbonyl (C=O) groups excluding carboxylic acids is 2. The van der Waals surface area contributed by atoms with Crippen molar-refractivity contribution < 1.29 is 14.3 Å². The van der Waals surface area contributed by atoms with Crippen LogP contribution >= 0.6 is 0 Å². The molecule has 2 aromatic rings. The molecule has 8 nitrogen and oxygen atoms in total. The molecule has 1 aliphatic carbocycles. The van der Waals surface area contributed by atoms with Crippen LogP contribution in [0, 0.1) is 0 Å². The second kappa shape index (κ2) is 8.31. The van der Waals surface area contributed by atoms with Gasteiger partial charge in [0, 0.05) is 37.0 Å². The number of aromatic nitrogens is 1. The van der Waals surface area contributed by atoms with Crippen molar-refractivity contribution in [2.45, 2.75) is 31.8 Å². The topological polar surface area (TPSA) is 101 Å². The van der Waals surface area contributed by atoms with E-state index in [1.165, 1.54) is 12.8 Å². The monoisotopic (exact) mass is 409 g/mol. The van der Waals surface area contributed by atoms with Crippen LogP contribution in [0.25, 0.3) is 0 Å². The number of nitrogens with two attached hydrogens (primary N) is 1. The molecule has 30 heavy (non-hydrogen) atoms. The molecule has 8 heteroatoms.